The van der Waals surface area contributed by atoms with Gasteiger partial charge in [0.15, 0.2) is 4.80 Å². The average molecular weight is 537 g/mol. The van der Waals surface area contributed by atoms with Gasteiger partial charge in [0.25, 0.3) is 5.56 Å². The number of carbonyl (C=O) groups is 1. The Labute approximate surface area is 209 Å². The molecule has 0 N–H and O–H groups in total. The number of carbonyl (C=O) groups excluding carboxylic acids is 1. The van der Waals surface area contributed by atoms with Gasteiger partial charge in [0.2, 0.25) is 0 Å². The van der Waals surface area contributed by atoms with Crippen molar-refractivity contribution in [1.29, 1.82) is 0 Å². The van der Waals surface area contributed by atoms with E-state index in [0.29, 0.717) is 32.8 Å². The number of nitrogens with zero attached hydrogens (tertiary/aromatic N) is 2. The van der Waals surface area contributed by atoms with Crippen LogP contribution in [0.5, 0.6) is 5.75 Å². The van der Waals surface area contributed by atoms with Crippen LogP contribution in [0.25, 0.3) is 6.08 Å². The summed E-state index contributed by atoms with van der Waals surface area (Å²) in [6.07, 6.45) is 7.59. The summed E-state index contributed by atoms with van der Waals surface area (Å²) >= 11 is 4.77. The van der Waals surface area contributed by atoms with Crippen molar-refractivity contribution >= 4 is 39.3 Å². The maximum atomic E-state index is 13.6. The van der Waals surface area contributed by atoms with Crippen LogP contribution in [-0.4, -0.2) is 24.3 Å². The van der Waals surface area contributed by atoms with Crippen LogP contribution in [0, 0.1) is 12.3 Å². The summed E-state index contributed by atoms with van der Waals surface area (Å²) in [5, 5.41) is 0. The van der Waals surface area contributed by atoms with Crippen LogP contribution < -0.4 is 19.6 Å². The Balaban J connectivity index is 1.89. The first-order valence-corrected chi connectivity index (χ1v) is 12.1. The van der Waals surface area contributed by atoms with E-state index in [0.717, 1.165) is 15.6 Å². The van der Waals surface area contributed by atoms with Crippen LogP contribution in [0.2, 0.25) is 0 Å². The highest BCUT2D eigenvalue weighted by molar-refractivity contribution is 9.10. The second-order valence-corrected chi connectivity index (χ2v) is 9.25. The van der Waals surface area contributed by atoms with Gasteiger partial charge >= 0.3 is 5.97 Å². The highest BCUT2D eigenvalue weighted by atomic mass is 79.9. The lowest BCUT2D eigenvalue weighted by Crippen LogP contribution is -2.40. The fourth-order valence-electron chi connectivity index (χ4n) is 3.81. The van der Waals surface area contributed by atoms with Gasteiger partial charge in [0.1, 0.15) is 12.4 Å². The number of ether oxygens (including phenoxy) is 2. The molecule has 172 valence electrons. The minimum atomic E-state index is -0.617. The van der Waals surface area contributed by atoms with Crippen LogP contribution in [0.1, 0.15) is 30.5 Å². The van der Waals surface area contributed by atoms with Gasteiger partial charge in [0.05, 0.1) is 33.4 Å². The number of hydrogen-bond donors (Lipinski definition) is 0. The monoisotopic (exact) mass is 536 g/mol. The molecular weight excluding hydrogens is 516 g/mol. The second-order valence-electron chi connectivity index (χ2n) is 7.38. The lowest BCUT2D eigenvalue weighted by molar-refractivity contribution is -0.136. The largest absolute Gasteiger partial charge is 0.480 e. The van der Waals surface area contributed by atoms with Crippen LogP contribution >= 0.6 is 27.3 Å². The van der Waals surface area contributed by atoms with Gasteiger partial charge < -0.3 is 9.47 Å². The van der Waals surface area contributed by atoms with Crippen molar-refractivity contribution in [2.45, 2.75) is 19.4 Å². The molecule has 0 saturated carbocycles. The summed E-state index contributed by atoms with van der Waals surface area (Å²) in [6, 6.07) is 14.3. The molecule has 2 heterocycles. The number of terminal acetylenes is 1. The van der Waals surface area contributed by atoms with Crippen molar-refractivity contribution in [2.24, 2.45) is 4.99 Å². The fourth-order valence-corrected chi connectivity index (χ4v) is 5.34. The third-order valence-corrected chi connectivity index (χ3v) is 6.93. The molecule has 0 unspecified atom stereocenters. The highest BCUT2D eigenvalue weighted by Crippen LogP contribution is 2.31. The molecule has 8 heteroatoms. The van der Waals surface area contributed by atoms with Gasteiger partial charge in [-0.05, 0) is 51.7 Å². The van der Waals surface area contributed by atoms with Gasteiger partial charge in [-0.1, -0.05) is 60.6 Å². The summed E-state index contributed by atoms with van der Waals surface area (Å²) in [6.45, 7) is 2.10. The first-order chi connectivity index (χ1) is 16.5. The van der Waals surface area contributed by atoms with E-state index in [9.17, 15) is 9.59 Å². The minimum Gasteiger partial charge on any atom is -0.480 e. The highest BCUT2D eigenvalue weighted by Gasteiger charge is 2.33. The van der Waals surface area contributed by atoms with E-state index in [2.05, 4.69) is 26.8 Å². The van der Waals surface area contributed by atoms with E-state index in [4.69, 9.17) is 15.9 Å². The van der Waals surface area contributed by atoms with E-state index in [1.807, 2.05) is 49.4 Å². The molecule has 1 atom stereocenters. The molecule has 0 radical (unpaired) electrons. The molecule has 6 nitrogen and oxygen atoms in total. The van der Waals surface area contributed by atoms with Crippen molar-refractivity contribution in [1.82, 2.24) is 4.57 Å². The maximum Gasteiger partial charge on any atom is 0.338 e. The van der Waals surface area contributed by atoms with Crippen LogP contribution in [-0.2, 0) is 9.53 Å². The first kappa shape index (κ1) is 23.7. The Bertz CT molecular complexity index is 1500. The lowest BCUT2D eigenvalue weighted by Gasteiger charge is -2.25. The molecule has 1 aromatic heterocycles. The summed E-state index contributed by atoms with van der Waals surface area (Å²) in [4.78, 5) is 31.6. The van der Waals surface area contributed by atoms with Gasteiger partial charge in [-0.15, -0.1) is 6.42 Å². The zero-order chi connectivity index (χ0) is 24.2. The van der Waals surface area contributed by atoms with E-state index < -0.39 is 12.0 Å². The summed E-state index contributed by atoms with van der Waals surface area (Å²) in [5.74, 6) is 2.56. The smallest absolute Gasteiger partial charge is 0.338 e. The number of benzene rings is 2. The fraction of sp³-hybridized carbons (Fsp3) is 0.192. The van der Waals surface area contributed by atoms with Crippen molar-refractivity contribution in [3.63, 3.8) is 0 Å². The SMILES string of the molecule is C#CCOc1ccc(/C=c2\sc3n(c2=O)[C@@H](c2ccccc2)C(C(=O)OC)=C(CC)N=3)cc1Br. The number of aromatic nitrogens is 1. The Kier molecular flexibility index (Phi) is 7.15. The van der Waals surface area contributed by atoms with Gasteiger partial charge in [0, 0.05) is 0 Å². The molecule has 0 saturated heterocycles. The topological polar surface area (TPSA) is 69.9 Å². The zero-order valence-electron chi connectivity index (χ0n) is 18.6. The van der Waals surface area contributed by atoms with Gasteiger partial charge in [-0.2, -0.15) is 0 Å². The van der Waals surface area contributed by atoms with E-state index in [1.165, 1.54) is 18.4 Å². The van der Waals surface area contributed by atoms with Crippen LogP contribution in [0.15, 0.2) is 74.1 Å². The predicted molar refractivity (Wildman–Crippen MR) is 135 cm³/mol. The molecule has 1 aliphatic heterocycles. The Hall–Kier alpha value is -3.41. The van der Waals surface area contributed by atoms with Crippen molar-refractivity contribution in [2.75, 3.05) is 13.7 Å². The summed E-state index contributed by atoms with van der Waals surface area (Å²) in [5.41, 5.74) is 2.40. The molecule has 0 fully saturated rings. The standard InChI is InChI=1S/C26H21BrN2O4S/c1-4-13-33-20-12-11-16(14-18(20)27)15-21-24(30)29-23(17-9-7-6-8-10-17)22(25(31)32-3)19(5-2)28-26(29)34-21/h1,6-12,14-15,23H,5,13H2,2-3H3/b21-15-/t23-/m0/s1. The Morgan fingerprint density at radius 1 is 1.29 bits per heavy atom. The predicted octanol–water partition coefficient (Wildman–Crippen LogP) is 3.57. The number of thiazole rings is 1. The maximum absolute atomic E-state index is 13.6. The molecule has 4 rings (SSSR count). The molecular formula is C26H21BrN2O4S. The summed E-state index contributed by atoms with van der Waals surface area (Å²) in [7, 11) is 1.34. The van der Waals surface area contributed by atoms with E-state index in [1.54, 1.807) is 16.7 Å². The van der Waals surface area contributed by atoms with Crippen molar-refractivity contribution < 1.29 is 14.3 Å². The number of rotatable bonds is 6. The Morgan fingerprint density at radius 2 is 2.06 bits per heavy atom. The van der Waals surface area contributed by atoms with Crippen molar-refractivity contribution in [3.05, 3.63) is 95.1 Å². The van der Waals surface area contributed by atoms with E-state index >= 15 is 0 Å². The Morgan fingerprint density at radius 3 is 2.71 bits per heavy atom. The number of hydrogen-bond acceptors (Lipinski definition) is 6. The third kappa shape index (κ3) is 4.49. The molecule has 0 aliphatic carbocycles. The third-order valence-electron chi connectivity index (χ3n) is 5.33. The number of fused-ring (bicyclic) bond motifs is 1. The molecule has 0 bridgehead atoms. The van der Waals surface area contributed by atoms with Gasteiger partial charge in [-0.25, -0.2) is 9.79 Å². The molecule has 1 aliphatic rings. The van der Waals surface area contributed by atoms with E-state index in [-0.39, 0.29) is 12.2 Å². The minimum absolute atomic E-state index is 0.165. The van der Waals surface area contributed by atoms with Crippen LogP contribution in [0.4, 0.5) is 0 Å². The first-order valence-electron chi connectivity index (χ1n) is 10.5. The quantitative estimate of drug-likeness (QED) is 0.356. The average Bonchev–Trinajstić information content (AvgIpc) is 3.16. The number of halogens is 1. The normalized spacial score (nSPS) is 15.4. The molecule has 34 heavy (non-hydrogen) atoms. The van der Waals surface area contributed by atoms with Gasteiger partial charge in [-0.3, -0.25) is 9.36 Å². The summed E-state index contributed by atoms with van der Waals surface area (Å²) < 4.78 is 13.4. The molecule has 3 aromatic rings. The molecule has 0 amide bonds. The zero-order valence-corrected chi connectivity index (χ0v) is 21.0. The number of methoxy groups -OCH3 is 1. The lowest BCUT2D eigenvalue weighted by atomic mass is 9.95. The number of esters is 1. The molecule has 2 aromatic carbocycles. The van der Waals surface area contributed by atoms with Crippen molar-refractivity contribution in [3.8, 4) is 18.1 Å². The van der Waals surface area contributed by atoms with Crippen LogP contribution in [0.3, 0.4) is 0 Å². The number of allylic oxidation sites excluding steroid dienone is 1. The second kappa shape index (κ2) is 10.2. The molecule has 0 spiro atoms.